The summed E-state index contributed by atoms with van der Waals surface area (Å²) < 4.78 is 12.4. The van der Waals surface area contributed by atoms with Gasteiger partial charge in [0.05, 0.1) is 18.6 Å². The third-order valence-corrected chi connectivity index (χ3v) is 4.66. The van der Waals surface area contributed by atoms with Crippen molar-refractivity contribution in [3.05, 3.63) is 22.2 Å². The van der Waals surface area contributed by atoms with Crippen LogP contribution in [0.4, 0.5) is 0 Å². The zero-order valence-corrected chi connectivity index (χ0v) is 14.3. The minimum absolute atomic E-state index is 0.0263. The minimum Gasteiger partial charge on any atom is -0.490 e. The molecule has 2 nitrogen and oxygen atoms in total. The van der Waals surface area contributed by atoms with E-state index in [1.54, 1.807) is 0 Å². The highest BCUT2D eigenvalue weighted by atomic mass is 79.9. The van der Waals surface area contributed by atoms with Crippen LogP contribution in [0.15, 0.2) is 16.6 Å². The largest absolute Gasteiger partial charge is 0.490 e. The van der Waals surface area contributed by atoms with E-state index in [2.05, 4.69) is 22.9 Å². The number of hydrogen-bond donors (Lipinski definition) is 0. The molecule has 1 aromatic carbocycles. The van der Waals surface area contributed by atoms with Crippen molar-refractivity contribution in [2.24, 2.45) is 0 Å². The van der Waals surface area contributed by atoms with Crippen LogP contribution in [0, 0.1) is 0 Å². The molecule has 1 aromatic rings. The highest BCUT2D eigenvalue weighted by Crippen LogP contribution is 2.40. The van der Waals surface area contributed by atoms with Gasteiger partial charge >= 0.3 is 0 Å². The summed E-state index contributed by atoms with van der Waals surface area (Å²) >= 11 is 10.2. The molecule has 1 heterocycles. The van der Waals surface area contributed by atoms with Crippen LogP contribution >= 0.6 is 27.5 Å². The molecule has 1 aliphatic rings. The van der Waals surface area contributed by atoms with Gasteiger partial charge in [0.15, 0.2) is 11.5 Å². The van der Waals surface area contributed by atoms with E-state index in [-0.39, 0.29) is 5.38 Å². The van der Waals surface area contributed by atoms with Gasteiger partial charge in [0.2, 0.25) is 0 Å². The lowest BCUT2D eigenvalue weighted by Crippen LogP contribution is -1.97. The third kappa shape index (κ3) is 4.29. The van der Waals surface area contributed by atoms with Crippen LogP contribution < -0.4 is 9.47 Å². The molecular formula is C16H22BrClO2. The fraction of sp³-hybridized carbons (Fsp3) is 0.625. The molecule has 0 radical (unpaired) electrons. The van der Waals surface area contributed by atoms with Crippen LogP contribution in [0.1, 0.15) is 56.4 Å². The van der Waals surface area contributed by atoms with Crippen molar-refractivity contribution in [3.8, 4) is 11.5 Å². The number of halogens is 2. The van der Waals surface area contributed by atoms with Crippen LogP contribution in [0.3, 0.4) is 0 Å². The molecule has 0 saturated carbocycles. The first kappa shape index (κ1) is 16.0. The number of fused-ring (bicyclic) bond motifs is 1. The van der Waals surface area contributed by atoms with Gasteiger partial charge in [0.1, 0.15) is 0 Å². The summed E-state index contributed by atoms with van der Waals surface area (Å²) in [4.78, 5) is 0. The lowest BCUT2D eigenvalue weighted by molar-refractivity contribution is 0.297. The first-order valence-electron chi connectivity index (χ1n) is 7.45. The SMILES string of the molecule is CCCCCCC(Cl)c1cc2c(cc1Br)OCCCO2. The van der Waals surface area contributed by atoms with E-state index in [9.17, 15) is 0 Å². The molecule has 1 aliphatic heterocycles. The van der Waals surface area contributed by atoms with E-state index in [0.717, 1.165) is 34.4 Å². The molecule has 112 valence electrons. The summed E-state index contributed by atoms with van der Waals surface area (Å²) in [6.07, 6.45) is 6.88. The van der Waals surface area contributed by atoms with Crippen molar-refractivity contribution in [2.75, 3.05) is 13.2 Å². The van der Waals surface area contributed by atoms with E-state index >= 15 is 0 Å². The van der Waals surface area contributed by atoms with Crippen LogP contribution in [0.5, 0.6) is 11.5 Å². The van der Waals surface area contributed by atoms with Gasteiger partial charge in [-0.2, -0.15) is 0 Å². The zero-order chi connectivity index (χ0) is 14.4. The van der Waals surface area contributed by atoms with Crippen LogP contribution in [-0.4, -0.2) is 13.2 Å². The molecule has 1 unspecified atom stereocenters. The first-order valence-corrected chi connectivity index (χ1v) is 8.68. The average Bonchev–Trinajstić information content (AvgIpc) is 2.67. The van der Waals surface area contributed by atoms with Gasteiger partial charge in [-0.3, -0.25) is 0 Å². The second-order valence-electron chi connectivity index (χ2n) is 5.19. The van der Waals surface area contributed by atoms with Gasteiger partial charge < -0.3 is 9.47 Å². The summed E-state index contributed by atoms with van der Waals surface area (Å²) in [5.41, 5.74) is 1.10. The number of rotatable bonds is 6. The molecule has 4 heteroatoms. The summed E-state index contributed by atoms with van der Waals surface area (Å²) in [5, 5.41) is 0.0263. The summed E-state index contributed by atoms with van der Waals surface area (Å²) in [5.74, 6) is 1.63. The van der Waals surface area contributed by atoms with Gasteiger partial charge in [0.25, 0.3) is 0 Å². The molecule has 20 heavy (non-hydrogen) atoms. The van der Waals surface area contributed by atoms with Gasteiger partial charge in [-0.1, -0.05) is 48.5 Å². The van der Waals surface area contributed by atoms with E-state index in [1.807, 2.05) is 12.1 Å². The number of alkyl halides is 1. The van der Waals surface area contributed by atoms with Gasteiger partial charge in [-0.25, -0.2) is 0 Å². The van der Waals surface area contributed by atoms with Crippen LogP contribution in [-0.2, 0) is 0 Å². The van der Waals surface area contributed by atoms with Crippen molar-refractivity contribution in [1.82, 2.24) is 0 Å². The molecule has 0 amide bonds. The molecule has 0 N–H and O–H groups in total. The van der Waals surface area contributed by atoms with Crippen molar-refractivity contribution in [2.45, 2.75) is 50.8 Å². The van der Waals surface area contributed by atoms with Crippen molar-refractivity contribution >= 4 is 27.5 Å². The van der Waals surface area contributed by atoms with Crippen molar-refractivity contribution in [1.29, 1.82) is 0 Å². The molecule has 0 spiro atoms. The van der Waals surface area contributed by atoms with Gasteiger partial charge in [-0.15, -0.1) is 11.6 Å². The Bertz CT molecular complexity index is 437. The molecule has 0 aliphatic carbocycles. The van der Waals surface area contributed by atoms with E-state index in [1.165, 1.54) is 25.7 Å². The summed E-state index contributed by atoms with van der Waals surface area (Å²) in [6.45, 7) is 3.64. The third-order valence-electron chi connectivity index (χ3n) is 3.52. The molecule has 1 atom stereocenters. The van der Waals surface area contributed by atoms with Crippen LogP contribution in [0.25, 0.3) is 0 Å². The van der Waals surface area contributed by atoms with E-state index in [4.69, 9.17) is 21.1 Å². The molecule has 0 saturated heterocycles. The summed E-state index contributed by atoms with van der Waals surface area (Å²) in [6, 6.07) is 4.01. The second kappa shape index (κ2) is 8.14. The average molecular weight is 362 g/mol. The normalized spacial score (nSPS) is 15.8. The Labute approximate surface area is 134 Å². The van der Waals surface area contributed by atoms with Crippen molar-refractivity contribution in [3.63, 3.8) is 0 Å². The Hall–Kier alpha value is -0.410. The molecule has 0 aromatic heterocycles. The topological polar surface area (TPSA) is 18.5 Å². The predicted octanol–water partition coefficient (Wildman–Crippen LogP) is 5.86. The van der Waals surface area contributed by atoms with Crippen LogP contribution in [0.2, 0.25) is 0 Å². The standard InChI is InChI=1S/C16H22BrClO2/c1-2-3-4-5-7-14(18)12-10-15-16(11-13(12)17)20-9-6-8-19-15/h10-11,14H,2-9H2,1H3. The number of hydrogen-bond acceptors (Lipinski definition) is 2. The molecular weight excluding hydrogens is 340 g/mol. The van der Waals surface area contributed by atoms with Gasteiger partial charge in [-0.05, 0) is 24.1 Å². The lowest BCUT2D eigenvalue weighted by Gasteiger charge is -2.15. The fourth-order valence-corrected chi connectivity index (χ4v) is 3.41. The monoisotopic (exact) mass is 360 g/mol. The van der Waals surface area contributed by atoms with E-state index in [0.29, 0.717) is 13.2 Å². The Morgan fingerprint density at radius 1 is 1.15 bits per heavy atom. The Morgan fingerprint density at radius 3 is 2.55 bits per heavy atom. The predicted molar refractivity (Wildman–Crippen MR) is 87.1 cm³/mol. The Kier molecular flexibility index (Phi) is 6.50. The molecule has 0 fully saturated rings. The minimum atomic E-state index is 0.0263. The molecule has 2 rings (SSSR count). The van der Waals surface area contributed by atoms with Crippen molar-refractivity contribution < 1.29 is 9.47 Å². The number of unbranched alkanes of at least 4 members (excludes halogenated alkanes) is 3. The summed E-state index contributed by atoms with van der Waals surface area (Å²) in [7, 11) is 0. The smallest absolute Gasteiger partial charge is 0.162 e. The Morgan fingerprint density at radius 2 is 1.85 bits per heavy atom. The number of benzene rings is 1. The Balaban J connectivity index is 2.05. The quantitative estimate of drug-likeness (QED) is 0.466. The maximum atomic E-state index is 6.55. The number of ether oxygens (including phenoxy) is 2. The lowest BCUT2D eigenvalue weighted by atomic mass is 10.0. The maximum absolute atomic E-state index is 6.55. The second-order valence-corrected chi connectivity index (χ2v) is 6.57. The highest BCUT2D eigenvalue weighted by molar-refractivity contribution is 9.10. The first-order chi connectivity index (χ1) is 9.72. The van der Waals surface area contributed by atoms with E-state index < -0.39 is 0 Å². The van der Waals surface area contributed by atoms with Gasteiger partial charge in [0, 0.05) is 10.9 Å². The zero-order valence-electron chi connectivity index (χ0n) is 12.0. The highest BCUT2D eigenvalue weighted by Gasteiger charge is 2.18. The molecule has 0 bridgehead atoms. The fourth-order valence-electron chi connectivity index (χ4n) is 2.35. The maximum Gasteiger partial charge on any atom is 0.162 e.